The summed E-state index contributed by atoms with van der Waals surface area (Å²) in [4.78, 5) is 38.8. The fraction of sp³-hybridized carbons (Fsp3) is 0.500. The van der Waals surface area contributed by atoms with Gasteiger partial charge in [-0.1, -0.05) is 17.4 Å². The lowest BCUT2D eigenvalue weighted by atomic mass is 9.97. The van der Waals surface area contributed by atoms with Crippen molar-refractivity contribution in [2.75, 3.05) is 31.5 Å². The quantitative estimate of drug-likeness (QED) is 0.830. The van der Waals surface area contributed by atoms with Gasteiger partial charge in [-0.2, -0.15) is 0 Å². The van der Waals surface area contributed by atoms with Crippen molar-refractivity contribution in [3.8, 4) is 10.6 Å². The van der Waals surface area contributed by atoms with Gasteiger partial charge in [0, 0.05) is 32.4 Å². The van der Waals surface area contributed by atoms with Crippen molar-refractivity contribution in [3.05, 3.63) is 30.1 Å². The van der Waals surface area contributed by atoms with Crippen LogP contribution in [0.2, 0.25) is 0 Å². The molecule has 7 nitrogen and oxygen atoms in total. The lowest BCUT2D eigenvalue weighted by molar-refractivity contribution is -0.121. The molecule has 1 fully saturated rings. The Morgan fingerprint density at radius 1 is 1.32 bits per heavy atom. The number of nitrogens with zero attached hydrogens (tertiary/aromatic N) is 4. The Morgan fingerprint density at radius 2 is 2.11 bits per heavy atom. The van der Waals surface area contributed by atoms with Gasteiger partial charge in [0.2, 0.25) is 5.91 Å². The van der Waals surface area contributed by atoms with Gasteiger partial charge in [0.05, 0.1) is 22.2 Å². The number of likely N-dealkylation sites (tertiary alicyclic amines) is 1. The predicted octanol–water partition coefficient (Wildman–Crippen LogP) is 3.63. The fourth-order valence-electron chi connectivity index (χ4n) is 3.45. The molecule has 3 heterocycles. The third-order valence-electron chi connectivity index (χ3n) is 5.02. The van der Waals surface area contributed by atoms with Gasteiger partial charge in [-0.15, -0.1) is 0 Å². The molecule has 0 spiro atoms. The van der Waals surface area contributed by atoms with Crippen LogP contribution in [0.15, 0.2) is 24.4 Å². The molecular formula is C20H27N5O2S. The molecule has 0 aliphatic carbocycles. The van der Waals surface area contributed by atoms with Gasteiger partial charge in [-0.3, -0.25) is 9.78 Å². The van der Waals surface area contributed by atoms with Crippen molar-refractivity contribution in [2.24, 2.45) is 5.92 Å². The first-order valence-corrected chi connectivity index (χ1v) is 10.6. The van der Waals surface area contributed by atoms with Gasteiger partial charge in [-0.05, 0) is 45.7 Å². The molecule has 1 N–H and O–H groups in total. The summed E-state index contributed by atoms with van der Waals surface area (Å²) in [6, 6.07) is 5.76. The lowest BCUT2D eigenvalue weighted by Crippen LogP contribution is -2.49. The highest BCUT2D eigenvalue weighted by molar-refractivity contribution is 7.19. The summed E-state index contributed by atoms with van der Waals surface area (Å²) in [5.74, 6) is -0.283. The smallest absolute Gasteiger partial charge is 0.320 e. The van der Waals surface area contributed by atoms with Crippen LogP contribution in [0.1, 0.15) is 32.4 Å². The molecule has 0 radical (unpaired) electrons. The summed E-state index contributed by atoms with van der Waals surface area (Å²) in [5, 5.41) is 3.53. The zero-order valence-electron chi connectivity index (χ0n) is 16.6. The molecule has 1 atom stereocenters. The molecule has 150 valence electrons. The summed E-state index contributed by atoms with van der Waals surface area (Å²) in [6.45, 7) is 8.38. The molecule has 0 saturated carbocycles. The molecule has 8 heteroatoms. The van der Waals surface area contributed by atoms with E-state index in [-0.39, 0.29) is 17.9 Å². The number of amides is 3. The van der Waals surface area contributed by atoms with E-state index in [0.717, 1.165) is 29.1 Å². The van der Waals surface area contributed by atoms with Crippen molar-refractivity contribution >= 4 is 28.4 Å². The van der Waals surface area contributed by atoms with E-state index < -0.39 is 0 Å². The number of pyridine rings is 1. The summed E-state index contributed by atoms with van der Waals surface area (Å²) in [6.07, 6.45) is 3.36. The Labute approximate surface area is 169 Å². The molecule has 1 aliphatic rings. The van der Waals surface area contributed by atoms with E-state index in [1.54, 1.807) is 16.0 Å². The van der Waals surface area contributed by atoms with Gasteiger partial charge < -0.3 is 15.1 Å². The van der Waals surface area contributed by atoms with Crippen LogP contribution in [-0.4, -0.2) is 57.9 Å². The van der Waals surface area contributed by atoms with Crippen molar-refractivity contribution in [3.63, 3.8) is 0 Å². The first-order valence-electron chi connectivity index (χ1n) is 9.77. The second-order valence-corrected chi connectivity index (χ2v) is 7.88. The number of rotatable bonds is 5. The number of thiazole rings is 1. The second-order valence-electron chi connectivity index (χ2n) is 6.88. The minimum Gasteiger partial charge on any atom is -0.325 e. The van der Waals surface area contributed by atoms with Crippen LogP contribution in [0.3, 0.4) is 0 Å². The van der Waals surface area contributed by atoms with Gasteiger partial charge >= 0.3 is 6.03 Å². The number of nitrogens with one attached hydrogen (secondary N) is 1. The number of piperidine rings is 1. The van der Waals surface area contributed by atoms with Gasteiger partial charge in [0.15, 0.2) is 5.13 Å². The highest BCUT2D eigenvalue weighted by atomic mass is 32.1. The standard InChI is InChI=1S/C20H27N5O2S/c1-4-24(5-2)20(27)25-12-8-9-15(13-25)18(26)23-19-22-14(3)17(28-19)16-10-6-7-11-21-16/h6-7,10-11,15H,4-5,8-9,12-13H2,1-3H3,(H,22,23,26)/t15-/m0/s1. The van der Waals surface area contributed by atoms with Gasteiger partial charge in [0.1, 0.15) is 0 Å². The zero-order chi connectivity index (χ0) is 20.1. The maximum absolute atomic E-state index is 12.8. The number of aromatic nitrogens is 2. The van der Waals surface area contributed by atoms with Crippen molar-refractivity contribution in [1.82, 2.24) is 19.8 Å². The lowest BCUT2D eigenvalue weighted by Gasteiger charge is -2.35. The van der Waals surface area contributed by atoms with Crippen molar-refractivity contribution < 1.29 is 9.59 Å². The molecule has 28 heavy (non-hydrogen) atoms. The van der Waals surface area contributed by atoms with Crippen LogP contribution >= 0.6 is 11.3 Å². The van der Waals surface area contributed by atoms with E-state index in [1.165, 1.54) is 11.3 Å². The molecular weight excluding hydrogens is 374 g/mol. The number of anilines is 1. The van der Waals surface area contributed by atoms with E-state index in [1.807, 2.05) is 39.0 Å². The maximum Gasteiger partial charge on any atom is 0.320 e. The van der Waals surface area contributed by atoms with Gasteiger partial charge in [-0.25, -0.2) is 9.78 Å². The van der Waals surface area contributed by atoms with Gasteiger partial charge in [0.25, 0.3) is 0 Å². The average molecular weight is 402 g/mol. The molecule has 3 rings (SSSR count). The number of carbonyl (C=O) groups is 2. The van der Waals surface area contributed by atoms with E-state index in [9.17, 15) is 9.59 Å². The summed E-state index contributed by atoms with van der Waals surface area (Å²) >= 11 is 1.43. The molecule has 3 amide bonds. The minimum absolute atomic E-state index is 0.0185. The first-order chi connectivity index (χ1) is 13.5. The normalized spacial score (nSPS) is 16.7. The van der Waals surface area contributed by atoms with E-state index in [0.29, 0.717) is 31.3 Å². The van der Waals surface area contributed by atoms with Crippen molar-refractivity contribution in [1.29, 1.82) is 0 Å². The Morgan fingerprint density at radius 3 is 2.79 bits per heavy atom. The SMILES string of the molecule is CCN(CC)C(=O)N1CCC[C@H](C(=O)Nc2nc(C)c(-c3ccccn3)s2)C1. The molecule has 1 aliphatic heterocycles. The highest BCUT2D eigenvalue weighted by Crippen LogP contribution is 2.31. The Balaban J connectivity index is 1.65. The summed E-state index contributed by atoms with van der Waals surface area (Å²) in [5.41, 5.74) is 1.70. The topological polar surface area (TPSA) is 78.4 Å². The number of urea groups is 1. The first kappa shape index (κ1) is 20.3. The van der Waals surface area contributed by atoms with Crippen LogP contribution in [-0.2, 0) is 4.79 Å². The van der Waals surface area contributed by atoms with Crippen LogP contribution in [0.4, 0.5) is 9.93 Å². The van der Waals surface area contributed by atoms with Crippen LogP contribution < -0.4 is 5.32 Å². The minimum atomic E-state index is -0.212. The number of aryl methyl sites for hydroxylation is 1. The molecule has 2 aromatic heterocycles. The number of hydrogen-bond donors (Lipinski definition) is 1. The van der Waals surface area contributed by atoms with E-state index in [2.05, 4.69) is 15.3 Å². The predicted molar refractivity (Wildman–Crippen MR) is 111 cm³/mol. The monoisotopic (exact) mass is 401 g/mol. The largest absolute Gasteiger partial charge is 0.325 e. The van der Waals surface area contributed by atoms with E-state index in [4.69, 9.17) is 0 Å². The number of hydrogen-bond acceptors (Lipinski definition) is 5. The molecule has 0 unspecified atom stereocenters. The third-order valence-corrected chi connectivity index (χ3v) is 6.12. The fourth-order valence-corrected chi connectivity index (χ4v) is 4.40. The third kappa shape index (κ3) is 4.49. The molecule has 0 aromatic carbocycles. The Kier molecular flexibility index (Phi) is 6.61. The van der Waals surface area contributed by atoms with Crippen LogP contribution in [0.5, 0.6) is 0 Å². The molecule has 2 aromatic rings. The maximum atomic E-state index is 12.8. The van der Waals surface area contributed by atoms with Crippen LogP contribution in [0, 0.1) is 12.8 Å². The van der Waals surface area contributed by atoms with Crippen LogP contribution in [0.25, 0.3) is 10.6 Å². The Hall–Kier alpha value is -2.48. The molecule has 0 bridgehead atoms. The zero-order valence-corrected chi connectivity index (χ0v) is 17.5. The second kappa shape index (κ2) is 9.14. The number of carbonyl (C=O) groups excluding carboxylic acids is 2. The highest BCUT2D eigenvalue weighted by Gasteiger charge is 2.30. The summed E-state index contributed by atoms with van der Waals surface area (Å²) < 4.78 is 0. The summed E-state index contributed by atoms with van der Waals surface area (Å²) in [7, 11) is 0. The average Bonchev–Trinajstić information content (AvgIpc) is 3.09. The molecule has 1 saturated heterocycles. The van der Waals surface area contributed by atoms with Crippen molar-refractivity contribution in [2.45, 2.75) is 33.6 Å². The van der Waals surface area contributed by atoms with E-state index >= 15 is 0 Å². The Bertz CT molecular complexity index is 819.